The first-order chi connectivity index (χ1) is 14.8. The van der Waals surface area contributed by atoms with E-state index in [-0.39, 0.29) is 47.0 Å². The molecule has 4 atom stereocenters. The number of ketones is 1. The normalized spacial score (nSPS) is 26.3. The van der Waals surface area contributed by atoms with Crippen LogP contribution in [-0.2, 0) is 9.59 Å². The van der Waals surface area contributed by atoms with Crippen molar-refractivity contribution in [1.82, 2.24) is 19.2 Å². The van der Waals surface area contributed by atoms with Gasteiger partial charge >= 0.3 is 29.6 Å². The summed E-state index contributed by atoms with van der Waals surface area (Å²) in [6.45, 7) is 5.55. The van der Waals surface area contributed by atoms with Crippen molar-refractivity contribution in [3.63, 3.8) is 0 Å². The minimum absolute atomic E-state index is 0. The quantitative estimate of drug-likeness (QED) is 0.274. The number of aliphatic hydroxyl groups excluding tert-OH is 1. The predicted molar refractivity (Wildman–Crippen MR) is 110 cm³/mol. The van der Waals surface area contributed by atoms with Gasteiger partial charge in [-0.05, 0) is 32.9 Å². The molecule has 1 amide bonds. The van der Waals surface area contributed by atoms with E-state index in [1.165, 1.54) is 16.2 Å². The number of carbonyl (C=O) groups is 3. The molecule has 32 heavy (non-hydrogen) atoms. The summed E-state index contributed by atoms with van der Waals surface area (Å²) < 4.78 is 1.73. The van der Waals surface area contributed by atoms with Crippen LogP contribution in [0.1, 0.15) is 42.1 Å². The molecule has 9 nitrogen and oxygen atoms in total. The molecule has 11 heteroatoms. The summed E-state index contributed by atoms with van der Waals surface area (Å²) in [5, 5.41) is 22.0. The molecule has 0 saturated carbocycles. The van der Waals surface area contributed by atoms with Crippen molar-refractivity contribution < 1.29 is 54.2 Å². The molecule has 3 aliphatic heterocycles. The van der Waals surface area contributed by atoms with Crippen LogP contribution in [-0.4, -0.2) is 73.7 Å². The molecule has 2 saturated heterocycles. The zero-order chi connectivity index (χ0) is 22.0. The van der Waals surface area contributed by atoms with Gasteiger partial charge in [-0.15, -0.1) is 11.3 Å². The van der Waals surface area contributed by atoms with Gasteiger partial charge in [0.2, 0.25) is 5.91 Å². The van der Waals surface area contributed by atoms with Gasteiger partial charge in [0.1, 0.15) is 16.9 Å². The molecule has 5 heterocycles. The first kappa shape index (κ1) is 23.6. The van der Waals surface area contributed by atoms with Crippen LogP contribution in [0.15, 0.2) is 18.2 Å². The summed E-state index contributed by atoms with van der Waals surface area (Å²) in [5.74, 6) is -2.78. The number of nitrogens with zero attached hydrogens (tertiary/aromatic N) is 4. The molecular weight excluding hydrogens is 443 g/mol. The number of imidazole rings is 1. The Hall–Kier alpha value is -1.56. The molecule has 0 unspecified atom stereocenters. The second-order valence-electron chi connectivity index (χ2n) is 8.61. The van der Waals surface area contributed by atoms with Crippen molar-refractivity contribution in [2.24, 2.45) is 11.8 Å². The minimum Gasteiger partial charge on any atom is -0.543 e. The summed E-state index contributed by atoms with van der Waals surface area (Å²) in [7, 11) is 0. The number of Topliss-reactive ketones (excluding diaryl/α,β-unsaturated/α-hetero) is 1. The van der Waals surface area contributed by atoms with Crippen LogP contribution in [0.25, 0.3) is 10.4 Å². The summed E-state index contributed by atoms with van der Waals surface area (Å²) in [6.07, 6.45) is 4.64. The van der Waals surface area contributed by atoms with Crippen LogP contribution in [0, 0.1) is 11.8 Å². The summed E-state index contributed by atoms with van der Waals surface area (Å²) in [4.78, 5) is 46.3. The standard InChI is InChI=1S/C21H24N4O5S.Na/c1-10-14(18(21(29)30)25-17(10)15(11(2)26)19(25)28)13-8-24-9-22-16(20(24)31-13)12(27)7-23-5-3-4-6-23;/h8-11,15,17,26H,3-7H2,1-2H3,(H,29,30);/q;+1/p-1/t10-,11+,15+,17+;/m0./s1. The van der Waals surface area contributed by atoms with Crippen LogP contribution in [0.4, 0.5) is 0 Å². The van der Waals surface area contributed by atoms with Crippen LogP contribution in [0.2, 0.25) is 0 Å². The summed E-state index contributed by atoms with van der Waals surface area (Å²) >= 11 is 1.29. The number of aliphatic carboxylic acids is 1. The molecule has 2 fully saturated rings. The van der Waals surface area contributed by atoms with Gasteiger partial charge in [0, 0.05) is 17.7 Å². The van der Waals surface area contributed by atoms with Crippen LogP contribution in [0.5, 0.6) is 0 Å². The van der Waals surface area contributed by atoms with Gasteiger partial charge in [0.05, 0.1) is 41.2 Å². The number of fused-ring (bicyclic) bond motifs is 2. The summed E-state index contributed by atoms with van der Waals surface area (Å²) in [6, 6.07) is -0.411. The molecule has 5 rings (SSSR count). The molecule has 0 bridgehead atoms. The van der Waals surface area contributed by atoms with Crippen molar-refractivity contribution >= 4 is 39.4 Å². The topological polar surface area (TPSA) is 118 Å². The van der Waals surface area contributed by atoms with E-state index in [4.69, 9.17) is 0 Å². The van der Waals surface area contributed by atoms with E-state index in [1.54, 1.807) is 23.8 Å². The maximum absolute atomic E-state index is 12.8. The van der Waals surface area contributed by atoms with Gasteiger partial charge in [0.25, 0.3) is 0 Å². The van der Waals surface area contributed by atoms with Gasteiger partial charge < -0.3 is 19.9 Å². The number of β-lactam (4-membered cyclic amide) rings is 1. The number of hydrogen-bond donors (Lipinski definition) is 1. The molecular formula is C21H23N4NaO5S. The fourth-order valence-electron chi connectivity index (χ4n) is 5.22. The van der Waals surface area contributed by atoms with Crippen molar-refractivity contribution in [2.45, 2.75) is 38.8 Å². The molecule has 1 N–H and O–H groups in total. The molecule has 2 aromatic heterocycles. The molecule has 0 spiro atoms. The third-order valence-corrected chi connectivity index (χ3v) is 7.81. The van der Waals surface area contributed by atoms with E-state index in [0.717, 1.165) is 25.9 Å². The van der Waals surface area contributed by atoms with E-state index < -0.39 is 29.9 Å². The minimum atomic E-state index is -1.41. The third-order valence-electron chi connectivity index (χ3n) is 6.67. The van der Waals surface area contributed by atoms with E-state index in [2.05, 4.69) is 9.88 Å². The first-order valence-electron chi connectivity index (χ1n) is 10.5. The zero-order valence-corrected chi connectivity index (χ0v) is 21.1. The number of thiazole rings is 1. The van der Waals surface area contributed by atoms with Gasteiger partial charge in [-0.3, -0.25) is 18.9 Å². The maximum Gasteiger partial charge on any atom is 1.00 e. The number of carboxylic acid groups (broad SMARTS) is 1. The maximum atomic E-state index is 12.8. The Morgan fingerprint density at radius 2 is 2.03 bits per heavy atom. The Kier molecular flexibility index (Phi) is 6.38. The van der Waals surface area contributed by atoms with E-state index in [9.17, 15) is 24.6 Å². The van der Waals surface area contributed by atoms with Crippen LogP contribution < -0.4 is 34.7 Å². The Balaban J connectivity index is 0.00000245. The van der Waals surface area contributed by atoms with Crippen molar-refractivity contribution in [1.29, 1.82) is 0 Å². The first-order valence-corrected chi connectivity index (χ1v) is 11.3. The van der Waals surface area contributed by atoms with Crippen LogP contribution in [0.3, 0.4) is 0 Å². The second kappa shape index (κ2) is 8.66. The number of carboxylic acids is 1. The van der Waals surface area contributed by atoms with Gasteiger partial charge in [-0.25, -0.2) is 4.98 Å². The van der Waals surface area contributed by atoms with Crippen molar-refractivity contribution in [3.8, 4) is 0 Å². The molecule has 0 aliphatic carbocycles. The Bertz CT molecular complexity index is 1130. The zero-order valence-electron chi connectivity index (χ0n) is 18.3. The Morgan fingerprint density at radius 1 is 1.34 bits per heavy atom. The van der Waals surface area contributed by atoms with Gasteiger partial charge in [-0.1, -0.05) is 6.92 Å². The SMILES string of the molecule is C[C@@H](O)[C@H]1C(=O)N2C(C(=O)[O-])=C(c3cn4cnc(C(=O)CN5CCCC5)c4s3)[C@H](C)[C@H]12.[Na+]. The number of likely N-dealkylation sites (tertiary alicyclic amines) is 1. The summed E-state index contributed by atoms with van der Waals surface area (Å²) in [5.41, 5.74) is 0.751. The van der Waals surface area contributed by atoms with E-state index in [0.29, 0.717) is 27.5 Å². The van der Waals surface area contributed by atoms with Gasteiger partial charge in [0.15, 0.2) is 5.78 Å². The smallest absolute Gasteiger partial charge is 0.543 e. The third kappa shape index (κ3) is 3.48. The molecule has 0 aromatic carbocycles. The Labute approximate surface area is 211 Å². The number of aliphatic hydroxyl groups is 1. The molecule has 164 valence electrons. The molecule has 0 radical (unpaired) electrons. The fourth-order valence-corrected chi connectivity index (χ4v) is 6.45. The molecule has 3 aliphatic rings. The van der Waals surface area contributed by atoms with Crippen LogP contribution >= 0.6 is 11.3 Å². The monoisotopic (exact) mass is 466 g/mol. The second-order valence-corrected chi connectivity index (χ2v) is 9.64. The van der Waals surface area contributed by atoms with E-state index >= 15 is 0 Å². The van der Waals surface area contributed by atoms with E-state index in [1.807, 2.05) is 6.92 Å². The van der Waals surface area contributed by atoms with Gasteiger partial charge in [-0.2, -0.15) is 0 Å². The number of carbonyl (C=O) groups excluding carboxylic acids is 3. The predicted octanol–water partition coefficient (Wildman–Crippen LogP) is -3.00. The average Bonchev–Trinajstić information content (AvgIpc) is 3.44. The number of amides is 1. The van der Waals surface area contributed by atoms with Crippen molar-refractivity contribution in [2.75, 3.05) is 19.6 Å². The number of rotatable bonds is 6. The number of hydrogen-bond acceptors (Lipinski definition) is 8. The average molecular weight is 466 g/mol. The number of aromatic nitrogens is 2. The Morgan fingerprint density at radius 3 is 2.66 bits per heavy atom. The molecule has 2 aromatic rings. The fraction of sp³-hybridized carbons (Fsp3) is 0.524. The van der Waals surface area contributed by atoms with Crippen molar-refractivity contribution in [3.05, 3.63) is 28.8 Å². The largest absolute Gasteiger partial charge is 1.00 e.